The molecule has 1 aliphatic rings. The molecule has 1 aliphatic carbocycles. The molecule has 1 fully saturated rings. The molecule has 104 valence electrons. The summed E-state index contributed by atoms with van der Waals surface area (Å²) >= 11 is 5.83. The van der Waals surface area contributed by atoms with Crippen LogP contribution in [0.3, 0.4) is 0 Å². The van der Waals surface area contributed by atoms with Crippen LogP contribution in [0.5, 0.6) is 0 Å². The monoisotopic (exact) mass is 279 g/mol. The number of carbonyl (C=O) groups is 1. The smallest absolute Gasteiger partial charge is 0.176 e. The molecule has 0 saturated heterocycles. The predicted octanol–water partition coefficient (Wildman–Crippen LogP) is 4.03. The highest BCUT2D eigenvalue weighted by atomic mass is 35.5. The van der Waals surface area contributed by atoms with Crippen LogP contribution in [0.4, 0.5) is 0 Å². The minimum atomic E-state index is 0.176. The molecule has 3 heteroatoms. The molecule has 0 spiro atoms. The Morgan fingerprint density at radius 3 is 2.47 bits per heavy atom. The van der Waals surface area contributed by atoms with Crippen LogP contribution in [0, 0.1) is 5.92 Å². The van der Waals surface area contributed by atoms with Gasteiger partial charge in [0.05, 0.1) is 6.54 Å². The van der Waals surface area contributed by atoms with Crippen LogP contribution in [0.2, 0.25) is 5.02 Å². The zero-order valence-corrected chi connectivity index (χ0v) is 12.3. The van der Waals surface area contributed by atoms with Gasteiger partial charge in [-0.1, -0.05) is 30.9 Å². The van der Waals surface area contributed by atoms with Crippen molar-refractivity contribution < 1.29 is 4.79 Å². The van der Waals surface area contributed by atoms with Crippen molar-refractivity contribution in [2.24, 2.45) is 5.92 Å². The van der Waals surface area contributed by atoms with Crippen LogP contribution in [0.25, 0.3) is 0 Å². The van der Waals surface area contributed by atoms with E-state index >= 15 is 0 Å². The number of hydrogen-bond acceptors (Lipinski definition) is 2. The second kappa shape index (κ2) is 7.06. The molecule has 0 heterocycles. The highest BCUT2D eigenvalue weighted by Crippen LogP contribution is 2.24. The lowest BCUT2D eigenvalue weighted by molar-refractivity contribution is 0.0932. The molecule has 2 nitrogen and oxygen atoms in total. The minimum absolute atomic E-state index is 0.176. The summed E-state index contributed by atoms with van der Waals surface area (Å²) in [6.45, 7) is 1.54. The third-order valence-corrected chi connectivity index (χ3v) is 4.13. The lowest BCUT2D eigenvalue weighted by atomic mass is 9.89. The molecular formula is C16H22ClNO. The van der Waals surface area contributed by atoms with E-state index in [1.807, 2.05) is 7.05 Å². The predicted molar refractivity (Wildman–Crippen MR) is 79.9 cm³/mol. The fourth-order valence-electron chi connectivity index (χ4n) is 2.85. The molecule has 19 heavy (non-hydrogen) atoms. The van der Waals surface area contributed by atoms with Crippen LogP contribution >= 0.6 is 11.6 Å². The number of likely N-dealkylation sites (N-methyl/N-ethyl adjacent to an activating group) is 1. The number of Topliss-reactive ketones (excluding diaryl/α,β-unsaturated/α-hetero) is 1. The first kappa shape index (κ1) is 14.5. The fourth-order valence-corrected chi connectivity index (χ4v) is 2.97. The van der Waals surface area contributed by atoms with Gasteiger partial charge in [-0.25, -0.2) is 0 Å². The van der Waals surface area contributed by atoms with E-state index in [1.54, 1.807) is 24.3 Å². The zero-order valence-electron chi connectivity index (χ0n) is 11.6. The molecule has 0 atom stereocenters. The molecule has 1 aromatic rings. The van der Waals surface area contributed by atoms with E-state index in [2.05, 4.69) is 4.90 Å². The number of halogens is 1. The van der Waals surface area contributed by atoms with E-state index in [0.717, 1.165) is 18.0 Å². The summed E-state index contributed by atoms with van der Waals surface area (Å²) in [7, 11) is 2.04. The average Bonchev–Trinajstić information content (AvgIpc) is 2.40. The first-order valence-corrected chi connectivity index (χ1v) is 7.50. The molecule has 1 aromatic carbocycles. The largest absolute Gasteiger partial charge is 0.299 e. The Balaban J connectivity index is 1.82. The lowest BCUT2D eigenvalue weighted by Gasteiger charge is -2.26. The highest BCUT2D eigenvalue weighted by molar-refractivity contribution is 6.30. The minimum Gasteiger partial charge on any atom is -0.299 e. The molecule has 2 rings (SSSR count). The first-order valence-electron chi connectivity index (χ1n) is 7.12. The molecule has 0 aliphatic heterocycles. The van der Waals surface area contributed by atoms with Crippen LogP contribution < -0.4 is 0 Å². The van der Waals surface area contributed by atoms with E-state index in [1.165, 1.54) is 32.1 Å². The normalized spacial score (nSPS) is 16.8. The van der Waals surface area contributed by atoms with Crippen molar-refractivity contribution in [2.45, 2.75) is 32.1 Å². The van der Waals surface area contributed by atoms with Gasteiger partial charge >= 0.3 is 0 Å². The second-order valence-corrected chi connectivity index (χ2v) is 6.07. The van der Waals surface area contributed by atoms with Gasteiger partial charge in [-0.3, -0.25) is 9.69 Å². The van der Waals surface area contributed by atoms with Crippen molar-refractivity contribution in [2.75, 3.05) is 20.1 Å². The Morgan fingerprint density at radius 1 is 1.21 bits per heavy atom. The SMILES string of the molecule is CN(CC(=O)c1ccc(Cl)cc1)CC1CCCCC1. The van der Waals surface area contributed by atoms with Crippen LogP contribution in [0.15, 0.2) is 24.3 Å². The maximum absolute atomic E-state index is 12.1. The van der Waals surface area contributed by atoms with E-state index in [9.17, 15) is 4.79 Å². The summed E-state index contributed by atoms with van der Waals surface area (Å²) in [4.78, 5) is 14.3. The summed E-state index contributed by atoms with van der Waals surface area (Å²) in [5, 5.41) is 0.673. The third-order valence-electron chi connectivity index (χ3n) is 3.87. The van der Waals surface area contributed by atoms with Crippen molar-refractivity contribution in [3.05, 3.63) is 34.9 Å². The Hall–Kier alpha value is -0.860. The third kappa shape index (κ3) is 4.63. The Labute approximate surface area is 120 Å². The van der Waals surface area contributed by atoms with E-state index in [0.29, 0.717) is 11.6 Å². The molecule has 0 aromatic heterocycles. The van der Waals surface area contributed by atoms with Crippen molar-refractivity contribution in [3.8, 4) is 0 Å². The zero-order chi connectivity index (χ0) is 13.7. The van der Waals surface area contributed by atoms with Gasteiger partial charge in [0.15, 0.2) is 5.78 Å². The summed E-state index contributed by atoms with van der Waals surface area (Å²) in [6, 6.07) is 7.16. The van der Waals surface area contributed by atoms with Gasteiger partial charge in [-0.15, -0.1) is 0 Å². The summed E-state index contributed by atoms with van der Waals surface area (Å²) < 4.78 is 0. The van der Waals surface area contributed by atoms with Gasteiger partial charge in [0, 0.05) is 17.1 Å². The molecule has 0 unspecified atom stereocenters. The Bertz CT molecular complexity index is 409. The number of nitrogens with zero attached hydrogens (tertiary/aromatic N) is 1. The van der Waals surface area contributed by atoms with E-state index in [-0.39, 0.29) is 5.78 Å². The van der Waals surface area contributed by atoms with Crippen LogP contribution in [-0.2, 0) is 0 Å². The van der Waals surface area contributed by atoms with Crippen molar-refractivity contribution >= 4 is 17.4 Å². The van der Waals surface area contributed by atoms with Crippen LogP contribution in [-0.4, -0.2) is 30.8 Å². The lowest BCUT2D eigenvalue weighted by Crippen LogP contribution is -2.31. The fraction of sp³-hybridized carbons (Fsp3) is 0.562. The first-order chi connectivity index (χ1) is 9.15. The van der Waals surface area contributed by atoms with Gasteiger partial charge < -0.3 is 0 Å². The number of benzene rings is 1. The van der Waals surface area contributed by atoms with E-state index < -0.39 is 0 Å². The molecular weight excluding hydrogens is 258 g/mol. The topological polar surface area (TPSA) is 20.3 Å². The Kier molecular flexibility index (Phi) is 5.41. The maximum Gasteiger partial charge on any atom is 0.176 e. The maximum atomic E-state index is 12.1. The summed E-state index contributed by atoms with van der Waals surface area (Å²) in [6.07, 6.45) is 6.72. The van der Waals surface area contributed by atoms with Gasteiger partial charge in [-0.2, -0.15) is 0 Å². The van der Waals surface area contributed by atoms with Crippen molar-refractivity contribution in [3.63, 3.8) is 0 Å². The summed E-state index contributed by atoms with van der Waals surface area (Å²) in [5.74, 6) is 0.951. The number of rotatable bonds is 5. The van der Waals surface area contributed by atoms with Gasteiger partial charge in [0.1, 0.15) is 0 Å². The highest BCUT2D eigenvalue weighted by Gasteiger charge is 2.17. The second-order valence-electron chi connectivity index (χ2n) is 5.63. The van der Waals surface area contributed by atoms with Crippen molar-refractivity contribution in [1.29, 1.82) is 0 Å². The number of ketones is 1. The molecule has 1 saturated carbocycles. The van der Waals surface area contributed by atoms with Gasteiger partial charge in [0.2, 0.25) is 0 Å². The van der Waals surface area contributed by atoms with Crippen molar-refractivity contribution in [1.82, 2.24) is 4.90 Å². The molecule has 0 radical (unpaired) electrons. The van der Waals surface area contributed by atoms with Gasteiger partial charge in [0.25, 0.3) is 0 Å². The van der Waals surface area contributed by atoms with E-state index in [4.69, 9.17) is 11.6 Å². The average molecular weight is 280 g/mol. The van der Waals surface area contributed by atoms with Crippen LogP contribution in [0.1, 0.15) is 42.5 Å². The molecule has 0 bridgehead atoms. The molecule has 0 amide bonds. The quantitative estimate of drug-likeness (QED) is 0.759. The number of carbonyl (C=O) groups excluding carboxylic acids is 1. The Morgan fingerprint density at radius 2 is 1.84 bits per heavy atom. The molecule has 0 N–H and O–H groups in total. The summed E-state index contributed by atoms with van der Waals surface area (Å²) in [5.41, 5.74) is 0.750. The van der Waals surface area contributed by atoms with Gasteiger partial charge in [-0.05, 0) is 50.1 Å². The standard InChI is InChI=1S/C16H22ClNO/c1-18(11-13-5-3-2-4-6-13)12-16(19)14-7-9-15(17)10-8-14/h7-10,13H,2-6,11-12H2,1H3. The number of hydrogen-bond donors (Lipinski definition) is 0.